The Kier molecular flexibility index (Phi) is 4.35. The lowest BCUT2D eigenvalue weighted by molar-refractivity contribution is -0.123. The predicted octanol–water partition coefficient (Wildman–Crippen LogP) is 3.36. The molecule has 1 aliphatic rings. The molecule has 3 rings (SSSR count). The van der Waals surface area contributed by atoms with E-state index in [1.54, 1.807) is 12.1 Å². The summed E-state index contributed by atoms with van der Waals surface area (Å²) in [4.78, 5) is 38.1. The molecule has 2 aromatic rings. The molecule has 0 saturated carbocycles. The molecule has 2 aromatic heterocycles. The van der Waals surface area contributed by atoms with E-state index in [9.17, 15) is 14.4 Å². The van der Waals surface area contributed by atoms with Gasteiger partial charge in [-0.1, -0.05) is 6.07 Å². The second kappa shape index (κ2) is 6.43. The average molecular weight is 349 g/mol. The molecule has 0 spiro atoms. The van der Waals surface area contributed by atoms with Crippen LogP contribution >= 0.6 is 23.1 Å². The molecule has 0 N–H and O–H groups in total. The molecule has 0 atom stereocenters. The number of hydrogen-bond acceptors (Lipinski definition) is 7. The van der Waals surface area contributed by atoms with Crippen LogP contribution in [0.1, 0.15) is 21.2 Å². The third-order valence-corrected chi connectivity index (χ3v) is 4.78. The topological polar surface area (TPSA) is 76.8 Å². The van der Waals surface area contributed by atoms with Gasteiger partial charge in [0.05, 0.1) is 18.6 Å². The van der Waals surface area contributed by atoms with Crippen molar-refractivity contribution in [1.29, 1.82) is 0 Å². The van der Waals surface area contributed by atoms with E-state index >= 15 is 0 Å². The van der Waals surface area contributed by atoms with Gasteiger partial charge in [0.1, 0.15) is 5.76 Å². The normalized spacial score (nSPS) is 16.4. The predicted molar refractivity (Wildman–Crippen MR) is 85.9 cm³/mol. The third kappa shape index (κ3) is 3.22. The number of amides is 2. The molecule has 0 bridgehead atoms. The molecule has 2 amide bonds. The van der Waals surface area contributed by atoms with Crippen molar-refractivity contribution >= 4 is 46.3 Å². The van der Waals surface area contributed by atoms with Crippen molar-refractivity contribution in [2.24, 2.45) is 0 Å². The Hall–Kier alpha value is -2.32. The molecule has 0 aromatic carbocycles. The highest BCUT2D eigenvalue weighted by Crippen LogP contribution is 2.34. The maximum atomic E-state index is 12.3. The van der Waals surface area contributed by atoms with Crippen molar-refractivity contribution in [3.05, 3.63) is 50.9 Å². The lowest BCUT2D eigenvalue weighted by Gasteiger charge is -2.09. The third-order valence-electron chi connectivity index (χ3n) is 3.05. The lowest BCUT2D eigenvalue weighted by atomic mass is 10.3. The van der Waals surface area contributed by atoms with E-state index in [4.69, 9.17) is 4.42 Å². The minimum absolute atomic E-state index is 0.0244. The minimum atomic E-state index is -0.608. The molecule has 23 heavy (non-hydrogen) atoms. The van der Waals surface area contributed by atoms with E-state index < -0.39 is 5.97 Å². The van der Waals surface area contributed by atoms with Gasteiger partial charge in [0.25, 0.3) is 11.1 Å². The second-order valence-corrected chi connectivity index (χ2v) is 6.51. The lowest BCUT2D eigenvalue weighted by Crippen LogP contribution is -2.27. The summed E-state index contributed by atoms with van der Waals surface area (Å²) in [5.41, 5.74) is 0. The van der Waals surface area contributed by atoms with Crippen molar-refractivity contribution in [3.8, 4) is 0 Å². The van der Waals surface area contributed by atoms with E-state index in [-0.39, 0.29) is 23.5 Å². The van der Waals surface area contributed by atoms with E-state index in [0.717, 1.165) is 21.5 Å². The van der Waals surface area contributed by atoms with Gasteiger partial charge < -0.3 is 9.15 Å². The number of hydrogen-bond donors (Lipinski definition) is 0. The van der Waals surface area contributed by atoms with Gasteiger partial charge in [0.15, 0.2) is 0 Å². The highest BCUT2D eigenvalue weighted by atomic mass is 32.2. The molecule has 118 valence electrons. The quantitative estimate of drug-likeness (QED) is 0.622. The number of methoxy groups -OCH3 is 1. The zero-order valence-electron chi connectivity index (χ0n) is 12.0. The minimum Gasteiger partial charge on any atom is -0.463 e. The summed E-state index contributed by atoms with van der Waals surface area (Å²) >= 11 is 2.37. The Morgan fingerprint density at radius 3 is 2.87 bits per heavy atom. The fourth-order valence-electron chi connectivity index (χ4n) is 1.97. The highest BCUT2D eigenvalue weighted by Gasteiger charge is 2.35. The Bertz CT molecular complexity index is 791. The Balaban J connectivity index is 1.76. The highest BCUT2D eigenvalue weighted by molar-refractivity contribution is 8.18. The molecule has 6 nitrogen and oxygen atoms in total. The number of carbonyl (C=O) groups excluding carboxylic acids is 3. The second-order valence-electron chi connectivity index (χ2n) is 4.54. The van der Waals surface area contributed by atoms with E-state index in [0.29, 0.717) is 10.7 Å². The van der Waals surface area contributed by atoms with Gasteiger partial charge in [0.2, 0.25) is 5.76 Å². The number of ether oxygens (including phenoxy) is 1. The molecular weight excluding hydrogens is 338 g/mol. The number of rotatable bonds is 4. The van der Waals surface area contributed by atoms with Gasteiger partial charge in [-0.3, -0.25) is 14.5 Å². The summed E-state index contributed by atoms with van der Waals surface area (Å²) in [5, 5.41) is 1.53. The Morgan fingerprint density at radius 2 is 2.17 bits per heavy atom. The fourth-order valence-corrected chi connectivity index (χ4v) is 3.53. The van der Waals surface area contributed by atoms with E-state index in [1.807, 2.05) is 17.5 Å². The zero-order valence-corrected chi connectivity index (χ0v) is 13.6. The van der Waals surface area contributed by atoms with Gasteiger partial charge in [-0.15, -0.1) is 11.3 Å². The first-order chi connectivity index (χ1) is 11.1. The van der Waals surface area contributed by atoms with Crippen LogP contribution in [0.3, 0.4) is 0 Å². The Morgan fingerprint density at radius 1 is 1.35 bits per heavy atom. The number of thiophene rings is 1. The van der Waals surface area contributed by atoms with Gasteiger partial charge in [-0.05, 0) is 41.4 Å². The number of imide groups is 1. The van der Waals surface area contributed by atoms with Crippen LogP contribution in [0.4, 0.5) is 4.79 Å². The van der Waals surface area contributed by atoms with Crippen LogP contribution in [-0.2, 0) is 16.1 Å². The molecule has 3 heterocycles. The summed E-state index contributed by atoms with van der Waals surface area (Å²) in [6.45, 7) is -0.0244. The molecule has 1 aliphatic heterocycles. The SMILES string of the molecule is COC(=O)c1ccc(CN2C(=O)SC(=Cc3cccs3)C2=O)o1. The van der Waals surface area contributed by atoms with Crippen molar-refractivity contribution in [2.45, 2.75) is 6.54 Å². The first-order valence-corrected chi connectivity index (χ1v) is 8.24. The monoisotopic (exact) mass is 349 g/mol. The molecular formula is C15H11NO5S2. The van der Waals surface area contributed by atoms with Crippen LogP contribution in [0, 0.1) is 0 Å². The zero-order chi connectivity index (χ0) is 16.4. The van der Waals surface area contributed by atoms with Crippen LogP contribution in [-0.4, -0.2) is 29.1 Å². The van der Waals surface area contributed by atoms with E-state index in [2.05, 4.69) is 4.74 Å². The molecule has 1 saturated heterocycles. The number of thioether (sulfide) groups is 1. The van der Waals surface area contributed by atoms with Crippen LogP contribution < -0.4 is 0 Å². The van der Waals surface area contributed by atoms with Gasteiger partial charge in [0, 0.05) is 4.88 Å². The van der Waals surface area contributed by atoms with Crippen LogP contribution in [0.5, 0.6) is 0 Å². The molecule has 0 unspecified atom stereocenters. The summed E-state index contributed by atoms with van der Waals surface area (Å²) in [6.07, 6.45) is 1.69. The average Bonchev–Trinajstić information content (AvgIpc) is 3.26. The summed E-state index contributed by atoms with van der Waals surface area (Å²) < 4.78 is 9.83. The summed E-state index contributed by atoms with van der Waals surface area (Å²) in [7, 11) is 1.25. The number of esters is 1. The first-order valence-electron chi connectivity index (χ1n) is 6.54. The number of furan rings is 1. The van der Waals surface area contributed by atoms with Crippen molar-refractivity contribution < 1.29 is 23.5 Å². The van der Waals surface area contributed by atoms with E-state index in [1.165, 1.54) is 24.5 Å². The summed E-state index contributed by atoms with van der Waals surface area (Å²) in [5.74, 6) is -0.610. The standard InChI is InChI=1S/C15H11NO5S2/c1-20-14(18)11-5-4-9(21-11)8-16-13(17)12(23-15(16)19)7-10-3-2-6-22-10/h2-7H,8H2,1H3. The maximum Gasteiger partial charge on any atom is 0.373 e. The Labute approximate surface area is 139 Å². The summed E-state index contributed by atoms with van der Waals surface area (Å²) in [6, 6.07) is 6.73. The molecule has 0 aliphatic carbocycles. The number of nitrogens with zero attached hydrogens (tertiary/aromatic N) is 1. The van der Waals surface area contributed by atoms with Crippen molar-refractivity contribution in [1.82, 2.24) is 4.90 Å². The van der Waals surface area contributed by atoms with Gasteiger partial charge in [-0.2, -0.15) is 0 Å². The van der Waals surface area contributed by atoms with Crippen molar-refractivity contribution in [3.63, 3.8) is 0 Å². The first kappa shape index (κ1) is 15.6. The maximum absolute atomic E-state index is 12.3. The van der Waals surface area contributed by atoms with Crippen LogP contribution in [0.15, 0.2) is 39.0 Å². The van der Waals surface area contributed by atoms with Crippen molar-refractivity contribution in [2.75, 3.05) is 7.11 Å². The molecule has 0 radical (unpaired) electrons. The van der Waals surface area contributed by atoms with Gasteiger partial charge in [-0.25, -0.2) is 4.79 Å². The van der Waals surface area contributed by atoms with Crippen LogP contribution in [0.25, 0.3) is 6.08 Å². The largest absolute Gasteiger partial charge is 0.463 e. The number of carbonyl (C=O) groups is 3. The molecule has 1 fully saturated rings. The smallest absolute Gasteiger partial charge is 0.373 e. The van der Waals surface area contributed by atoms with Crippen LogP contribution in [0.2, 0.25) is 0 Å². The fraction of sp³-hybridized carbons (Fsp3) is 0.133. The molecule has 8 heteroatoms. The van der Waals surface area contributed by atoms with Gasteiger partial charge >= 0.3 is 5.97 Å².